The summed E-state index contributed by atoms with van der Waals surface area (Å²) in [6, 6.07) is 7.39. The number of halogens is 1. The third-order valence-corrected chi connectivity index (χ3v) is 5.47. The Bertz CT molecular complexity index is 849. The number of carbonyl (C=O) groups excluding carboxylic acids is 2. The number of benzene rings is 1. The molecule has 4 rings (SSSR count). The summed E-state index contributed by atoms with van der Waals surface area (Å²) in [5.41, 5.74) is 3.70. The van der Waals surface area contributed by atoms with Gasteiger partial charge in [0.05, 0.1) is 0 Å². The minimum absolute atomic E-state index is 0. The first-order chi connectivity index (χ1) is 13.1. The average Bonchev–Trinajstić information content (AvgIpc) is 3.13. The third kappa shape index (κ3) is 4.05. The second-order valence-corrected chi connectivity index (χ2v) is 7.33. The van der Waals surface area contributed by atoms with E-state index < -0.39 is 0 Å². The largest absolute Gasteiger partial charge is 0.336 e. The molecule has 0 saturated carbocycles. The number of anilines is 1. The van der Waals surface area contributed by atoms with Crippen LogP contribution in [0.3, 0.4) is 0 Å². The van der Waals surface area contributed by atoms with Crippen LogP contribution in [0.15, 0.2) is 24.3 Å². The summed E-state index contributed by atoms with van der Waals surface area (Å²) in [6.07, 6.45) is 4.15. The van der Waals surface area contributed by atoms with Gasteiger partial charge in [0.25, 0.3) is 11.8 Å². The molecule has 0 aliphatic carbocycles. The van der Waals surface area contributed by atoms with Gasteiger partial charge in [0.15, 0.2) is 5.69 Å². The number of hydrogen-bond acceptors (Lipinski definition) is 4. The van der Waals surface area contributed by atoms with Crippen molar-refractivity contribution < 1.29 is 9.59 Å². The second kappa shape index (κ2) is 8.75. The van der Waals surface area contributed by atoms with E-state index in [0.717, 1.165) is 43.6 Å². The Morgan fingerprint density at radius 2 is 2.00 bits per heavy atom. The quantitative estimate of drug-likeness (QED) is 0.735. The van der Waals surface area contributed by atoms with Crippen LogP contribution in [0.25, 0.3) is 0 Å². The lowest BCUT2D eigenvalue weighted by Crippen LogP contribution is -2.42. The van der Waals surface area contributed by atoms with E-state index in [2.05, 4.69) is 27.8 Å². The van der Waals surface area contributed by atoms with Gasteiger partial charge in [0, 0.05) is 54.6 Å². The highest BCUT2D eigenvalue weighted by atomic mass is 35.5. The number of hydrogen-bond donors (Lipinski definition) is 3. The Balaban J connectivity index is 0.00000225. The average molecular weight is 404 g/mol. The number of carbonyl (C=O) groups is 2. The van der Waals surface area contributed by atoms with Gasteiger partial charge in [-0.3, -0.25) is 14.7 Å². The molecule has 1 saturated heterocycles. The first-order valence-electron chi connectivity index (χ1n) is 9.62. The molecule has 2 aromatic rings. The van der Waals surface area contributed by atoms with Crippen molar-refractivity contribution in [3.8, 4) is 0 Å². The SMILES string of the molecule is CC1CCCCN1C(=O)c1ccc(NC(=O)c2n[nH]c3c2CNCC3)cc1.Cl. The highest BCUT2D eigenvalue weighted by molar-refractivity contribution is 6.04. The number of amides is 2. The van der Waals surface area contributed by atoms with Crippen molar-refractivity contribution >= 4 is 29.9 Å². The Morgan fingerprint density at radius 1 is 1.21 bits per heavy atom. The topological polar surface area (TPSA) is 90.1 Å². The lowest BCUT2D eigenvalue weighted by Gasteiger charge is -2.33. The molecule has 0 bridgehead atoms. The van der Waals surface area contributed by atoms with Crippen molar-refractivity contribution in [1.82, 2.24) is 20.4 Å². The molecule has 28 heavy (non-hydrogen) atoms. The molecule has 3 heterocycles. The van der Waals surface area contributed by atoms with Crippen molar-refractivity contribution in [3.63, 3.8) is 0 Å². The maximum absolute atomic E-state index is 12.7. The Morgan fingerprint density at radius 3 is 2.75 bits per heavy atom. The number of nitrogens with zero attached hydrogens (tertiary/aromatic N) is 2. The van der Waals surface area contributed by atoms with Crippen LogP contribution in [0.1, 0.15) is 58.3 Å². The minimum Gasteiger partial charge on any atom is -0.336 e. The Hall–Kier alpha value is -2.38. The Kier molecular flexibility index (Phi) is 6.36. The van der Waals surface area contributed by atoms with Crippen molar-refractivity contribution in [2.45, 2.75) is 45.2 Å². The maximum Gasteiger partial charge on any atom is 0.276 e. The number of rotatable bonds is 3. The monoisotopic (exact) mass is 403 g/mol. The lowest BCUT2D eigenvalue weighted by molar-refractivity contribution is 0.0635. The van der Waals surface area contributed by atoms with Gasteiger partial charge in [-0.1, -0.05) is 0 Å². The second-order valence-electron chi connectivity index (χ2n) is 7.33. The van der Waals surface area contributed by atoms with Crippen LogP contribution in [0.2, 0.25) is 0 Å². The maximum atomic E-state index is 12.7. The van der Waals surface area contributed by atoms with E-state index in [1.54, 1.807) is 24.3 Å². The zero-order chi connectivity index (χ0) is 18.8. The molecule has 0 spiro atoms. The van der Waals surface area contributed by atoms with E-state index in [9.17, 15) is 9.59 Å². The van der Waals surface area contributed by atoms with Crippen LogP contribution < -0.4 is 10.6 Å². The summed E-state index contributed by atoms with van der Waals surface area (Å²) in [5.74, 6) is -0.174. The predicted molar refractivity (Wildman–Crippen MR) is 110 cm³/mol. The number of fused-ring (bicyclic) bond motifs is 1. The molecule has 0 radical (unpaired) electrons. The van der Waals surface area contributed by atoms with Gasteiger partial charge in [-0.25, -0.2) is 0 Å². The number of aromatic nitrogens is 2. The van der Waals surface area contributed by atoms with Gasteiger partial charge in [0.2, 0.25) is 0 Å². The van der Waals surface area contributed by atoms with E-state index >= 15 is 0 Å². The lowest BCUT2D eigenvalue weighted by atomic mass is 10.0. The normalized spacial score (nSPS) is 18.8. The molecule has 2 aliphatic heterocycles. The van der Waals surface area contributed by atoms with Crippen LogP contribution >= 0.6 is 12.4 Å². The molecule has 2 aliphatic rings. The summed E-state index contributed by atoms with van der Waals surface area (Å²) in [5, 5.41) is 13.3. The van der Waals surface area contributed by atoms with E-state index in [-0.39, 0.29) is 30.3 Å². The van der Waals surface area contributed by atoms with Crippen LogP contribution in [0.5, 0.6) is 0 Å². The van der Waals surface area contributed by atoms with Gasteiger partial charge in [0.1, 0.15) is 0 Å². The number of nitrogens with one attached hydrogen (secondary N) is 3. The van der Waals surface area contributed by atoms with E-state index in [4.69, 9.17) is 0 Å². The van der Waals surface area contributed by atoms with Crippen LogP contribution in [-0.4, -0.2) is 46.0 Å². The first-order valence-corrected chi connectivity index (χ1v) is 9.62. The van der Waals surface area contributed by atoms with Crippen LogP contribution in [0.4, 0.5) is 5.69 Å². The zero-order valence-corrected chi connectivity index (χ0v) is 16.8. The van der Waals surface area contributed by atoms with E-state index in [1.165, 1.54) is 6.42 Å². The fraction of sp³-hybridized carbons (Fsp3) is 0.450. The molecule has 7 nitrogen and oxygen atoms in total. The molecular weight excluding hydrogens is 378 g/mol. The highest BCUT2D eigenvalue weighted by Crippen LogP contribution is 2.21. The van der Waals surface area contributed by atoms with Crippen molar-refractivity contribution in [3.05, 3.63) is 46.8 Å². The molecule has 1 unspecified atom stereocenters. The molecule has 3 N–H and O–H groups in total. The number of aromatic amines is 1. The molecule has 1 aromatic heterocycles. The van der Waals surface area contributed by atoms with E-state index in [1.807, 2.05) is 4.90 Å². The Labute approximate surface area is 170 Å². The fourth-order valence-electron chi connectivity index (χ4n) is 3.87. The van der Waals surface area contributed by atoms with Crippen LogP contribution in [-0.2, 0) is 13.0 Å². The summed E-state index contributed by atoms with van der Waals surface area (Å²) in [4.78, 5) is 27.2. The van der Waals surface area contributed by atoms with Gasteiger partial charge in [-0.2, -0.15) is 5.10 Å². The van der Waals surface area contributed by atoms with Gasteiger partial charge < -0.3 is 15.5 Å². The molecule has 8 heteroatoms. The van der Waals surface area contributed by atoms with Crippen molar-refractivity contribution in [2.75, 3.05) is 18.4 Å². The molecular formula is C20H26ClN5O2. The minimum atomic E-state index is -0.236. The van der Waals surface area contributed by atoms with E-state index in [0.29, 0.717) is 23.5 Å². The highest BCUT2D eigenvalue weighted by Gasteiger charge is 2.24. The number of likely N-dealkylation sites (tertiary alicyclic amines) is 1. The van der Waals surface area contributed by atoms with Crippen molar-refractivity contribution in [2.24, 2.45) is 0 Å². The standard InChI is InChI=1S/C20H25N5O2.ClH/c1-13-4-2-3-11-25(13)20(27)14-5-7-15(8-6-14)22-19(26)18-16-12-21-10-9-17(16)23-24-18;/h5-8,13,21H,2-4,9-12H2,1H3,(H,22,26)(H,23,24);1H. The summed E-state index contributed by atoms with van der Waals surface area (Å²) in [6.45, 7) is 4.46. The molecule has 1 fully saturated rings. The first kappa shape index (κ1) is 20.4. The third-order valence-electron chi connectivity index (χ3n) is 5.47. The number of piperidine rings is 1. The molecule has 150 valence electrons. The zero-order valence-electron chi connectivity index (χ0n) is 16.0. The predicted octanol–water partition coefficient (Wildman–Crippen LogP) is 2.74. The molecule has 1 aromatic carbocycles. The van der Waals surface area contributed by atoms with Gasteiger partial charge in [-0.05, 0) is 50.5 Å². The fourth-order valence-corrected chi connectivity index (χ4v) is 3.87. The van der Waals surface area contributed by atoms with Gasteiger partial charge >= 0.3 is 0 Å². The van der Waals surface area contributed by atoms with Crippen molar-refractivity contribution in [1.29, 1.82) is 0 Å². The van der Waals surface area contributed by atoms with Gasteiger partial charge in [-0.15, -0.1) is 12.4 Å². The smallest absolute Gasteiger partial charge is 0.276 e. The summed E-state index contributed by atoms with van der Waals surface area (Å²) in [7, 11) is 0. The summed E-state index contributed by atoms with van der Waals surface area (Å²) < 4.78 is 0. The molecule has 1 atom stereocenters. The summed E-state index contributed by atoms with van der Waals surface area (Å²) >= 11 is 0. The van der Waals surface area contributed by atoms with Crippen LogP contribution in [0, 0.1) is 0 Å². The number of H-pyrrole nitrogens is 1. The molecule has 2 amide bonds.